The Morgan fingerprint density at radius 3 is 2.70 bits per heavy atom. The van der Waals surface area contributed by atoms with Gasteiger partial charge in [0.1, 0.15) is 5.84 Å². The zero-order valence-electron chi connectivity index (χ0n) is 11.4. The summed E-state index contributed by atoms with van der Waals surface area (Å²) in [6.45, 7) is 3.79. The number of amidine groups is 1. The monoisotopic (exact) mass is 293 g/mol. The summed E-state index contributed by atoms with van der Waals surface area (Å²) < 4.78 is 26.4. The number of hydrogen-bond donors (Lipinski definition) is 1. The molecule has 3 rings (SSSR count). The average Bonchev–Trinajstić information content (AvgIpc) is 2.72. The van der Waals surface area contributed by atoms with Gasteiger partial charge in [-0.25, -0.2) is 8.42 Å². The minimum atomic E-state index is -3.40. The predicted octanol–water partition coefficient (Wildman–Crippen LogP) is 1.21. The van der Waals surface area contributed by atoms with Gasteiger partial charge in [0.15, 0.2) is 0 Å². The Morgan fingerprint density at radius 1 is 1.15 bits per heavy atom. The van der Waals surface area contributed by atoms with Gasteiger partial charge in [0.05, 0.1) is 11.4 Å². The van der Waals surface area contributed by atoms with E-state index in [-0.39, 0.29) is 0 Å². The molecule has 1 saturated heterocycles. The van der Waals surface area contributed by atoms with Gasteiger partial charge in [-0.2, -0.15) is 0 Å². The van der Waals surface area contributed by atoms with Crippen LogP contribution in [0.25, 0.3) is 0 Å². The van der Waals surface area contributed by atoms with Crippen LogP contribution >= 0.6 is 0 Å². The Labute approximate surface area is 119 Å². The van der Waals surface area contributed by atoms with Gasteiger partial charge in [0.25, 0.3) is 10.0 Å². The van der Waals surface area contributed by atoms with E-state index in [0.29, 0.717) is 22.8 Å². The van der Waals surface area contributed by atoms with E-state index in [1.54, 1.807) is 18.2 Å². The first kappa shape index (κ1) is 13.6. The van der Waals surface area contributed by atoms with Crippen LogP contribution in [0.2, 0.25) is 0 Å². The zero-order valence-corrected chi connectivity index (χ0v) is 12.2. The molecule has 1 aromatic carbocycles. The van der Waals surface area contributed by atoms with Crippen molar-refractivity contribution >= 4 is 15.9 Å². The largest absolute Gasteiger partial charge is 0.301 e. The minimum absolute atomic E-state index is 0.330. The van der Waals surface area contributed by atoms with Crippen LogP contribution < -0.4 is 4.72 Å². The Kier molecular flexibility index (Phi) is 3.76. The average molecular weight is 293 g/mol. The highest BCUT2D eigenvalue weighted by molar-refractivity contribution is 7.90. The molecule has 108 valence electrons. The van der Waals surface area contributed by atoms with Crippen molar-refractivity contribution in [2.75, 3.05) is 26.2 Å². The van der Waals surface area contributed by atoms with E-state index in [1.165, 1.54) is 19.3 Å². The number of piperidine rings is 1. The Bertz CT molecular complexity index is 619. The van der Waals surface area contributed by atoms with Gasteiger partial charge in [0, 0.05) is 12.1 Å². The second-order valence-electron chi connectivity index (χ2n) is 5.23. The normalized spacial score (nSPS) is 23.5. The van der Waals surface area contributed by atoms with Crippen molar-refractivity contribution in [3.63, 3.8) is 0 Å². The standard InChI is InChI=1S/C14H19N3O2S/c18-20(19)13-7-3-2-6-12(13)14(16-20)15-8-11-17-9-4-1-5-10-17/h2-3,6-7H,1,4-5,8-11H2,(H,15,16). The molecule has 2 heterocycles. The molecule has 0 spiro atoms. The van der Waals surface area contributed by atoms with Crippen LogP contribution in [0.1, 0.15) is 24.8 Å². The lowest BCUT2D eigenvalue weighted by atomic mass is 10.1. The summed E-state index contributed by atoms with van der Waals surface area (Å²) in [5, 5.41) is 0. The number of sulfonamides is 1. The number of nitrogens with zero attached hydrogens (tertiary/aromatic N) is 2. The van der Waals surface area contributed by atoms with Crippen molar-refractivity contribution in [3.05, 3.63) is 29.8 Å². The highest BCUT2D eigenvalue weighted by Crippen LogP contribution is 2.22. The molecule has 0 aliphatic carbocycles. The maximum atomic E-state index is 11.9. The van der Waals surface area contributed by atoms with E-state index in [9.17, 15) is 8.42 Å². The van der Waals surface area contributed by atoms with Crippen molar-refractivity contribution in [3.8, 4) is 0 Å². The number of rotatable bonds is 3. The first-order valence-corrected chi connectivity index (χ1v) is 8.54. The van der Waals surface area contributed by atoms with E-state index in [1.807, 2.05) is 6.07 Å². The number of aliphatic imine (C=N–C) groups is 1. The molecule has 0 aromatic heterocycles. The van der Waals surface area contributed by atoms with Crippen LogP contribution in [0, 0.1) is 0 Å². The van der Waals surface area contributed by atoms with E-state index in [0.717, 1.165) is 19.6 Å². The summed E-state index contributed by atoms with van der Waals surface area (Å²) in [6, 6.07) is 6.98. The van der Waals surface area contributed by atoms with Crippen LogP contribution in [-0.4, -0.2) is 45.3 Å². The molecule has 1 N–H and O–H groups in total. The number of nitrogens with one attached hydrogen (secondary N) is 1. The predicted molar refractivity (Wildman–Crippen MR) is 78.5 cm³/mol. The molecular weight excluding hydrogens is 274 g/mol. The summed E-state index contributed by atoms with van der Waals surface area (Å²) in [5.74, 6) is 0.484. The fraction of sp³-hybridized carbons (Fsp3) is 0.500. The topological polar surface area (TPSA) is 61.8 Å². The van der Waals surface area contributed by atoms with Crippen molar-refractivity contribution in [2.45, 2.75) is 24.2 Å². The van der Waals surface area contributed by atoms with E-state index in [4.69, 9.17) is 0 Å². The SMILES string of the molecule is O=S1(=O)NC(=NCCN2CCCCC2)c2ccccc21. The van der Waals surface area contributed by atoms with Crippen molar-refractivity contribution in [2.24, 2.45) is 4.99 Å². The highest BCUT2D eigenvalue weighted by atomic mass is 32.2. The Hall–Kier alpha value is -1.40. The van der Waals surface area contributed by atoms with Crippen LogP contribution in [-0.2, 0) is 10.0 Å². The fourth-order valence-electron chi connectivity index (χ4n) is 2.74. The molecule has 20 heavy (non-hydrogen) atoms. The smallest absolute Gasteiger partial charge is 0.263 e. The van der Waals surface area contributed by atoms with Crippen molar-refractivity contribution < 1.29 is 8.42 Å². The molecule has 2 aliphatic rings. The molecule has 6 heteroatoms. The van der Waals surface area contributed by atoms with Crippen LogP contribution in [0.4, 0.5) is 0 Å². The summed E-state index contributed by atoms with van der Waals surface area (Å²) in [5.41, 5.74) is 0.686. The van der Waals surface area contributed by atoms with Gasteiger partial charge in [0.2, 0.25) is 0 Å². The van der Waals surface area contributed by atoms with Gasteiger partial charge in [-0.15, -0.1) is 0 Å². The van der Waals surface area contributed by atoms with Crippen LogP contribution in [0.5, 0.6) is 0 Å². The first-order valence-electron chi connectivity index (χ1n) is 7.06. The second kappa shape index (κ2) is 5.54. The third kappa shape index (κ3) is 2.71. The molecular formula is C14H19N3O2S. The molecule has 0 unspecified atom stereocenters. The zero-order chi connectivity index (χ0) is 14.0. The molecule has 0 radical (unpaired) electrons. The van der Waals surface area contributed by atoms with Gasteiger partial charge in [-0.1, -0.05) is 18.6 Å². The summed E-state index contributed by atoms with van der Waals surface area (Å²) in [7, 11) is -3.40. The fourth-order valence-corrected chi connectivity index (χ4v) is 3.99. The lowest BCUT2D eigenvalue weighted by Crippen LogP contribution is -2.32. The number of fused-ring (bicyclic) bond motifs is 1. The molecule has 5 nitrogen and oxygen atoms in total. The van der Waals surface area contributed by atoms with Crippen LogP contribution in [0.3, 0.4) is 0 Å². The molecule has 0 saturated carbocycles. The van der Waals surface area contributed by atoms with Crippen molar-refractivity contribution in [1.82, 2.24) is 9.62 Å². The number of benzene rings is 1. The Balaban J connectivity index is 1.70. The van der Waals surface area contributed by atoms with E-state index < -0.39 is 10.0 Å². The quantitative estimate of drug-likeness (QED) is 0.911. The minimum Gasteiger partial charge on any atom is -0.301 e. The lowest BCUT2D eigenvalue weighted by molar-refractivity contribution is 0.235. The molecule has 0 atom stereocenters. The van der Waals surface area contributed by atoms with Gasteiger partial charge >= 0.3 is 0 Å². The molecule has 1 fully saturated rings. The maximum absolute atomic E-state index is 11.9. The van der Waals surface area contributed by atoms with E-state index in [2.05, 4.69) is 14.6 Å². The third-order valence-corrected chi connectivity index (χ3v) is 5.19. The maximum Gasteiger partial charge on any atom is 0.263 e. The summed E-state index contributed by atoms with van der Waals surface area (Å²) >= 11 is 0. The van der Waals surface area contributed by atoms with Crippen LogP contribution in [0.15, 0.2) is 34.2 Å². The first-order chi connectivity index (χ1) is 9.67. The molecule has 0 amide bonds. The van der Waals surface area contributed by atoms with Crippen molar-refractivity contribution in [1.29, 1.82) is 0 Å². The molecule has 1 aromatic rings. The Morgan fingerprint density at radius 2 is 1.90 bits per heavy atom. The summed E-state index contributed by atoms with van der Waals surface area (Å²) in [6.07, 6.45) is 3.83. The lowest BCUT2D eigenvalue weighted by Gasteiger charge is -2.25. The number of hydrogen-bond acceptors (Lipinski definition) is 4. The van der Waals surface area contributed by atoms with E-state index >= 15 is 0 Å². The second-order valence-corrected chi connectivity index (χ2v) is 6.89. The molecule has 0 bridgehead atoms. The summed E-state index contributed by atoms with van der Waals surface area (Å²) in [4.78, 5) is 7.16. The van der Waals surface area contributed by atoms with Gasteiger partial charge in [-0.3, -0.25) is 9.71 Å². The number of likely N-dealkylation sites (tertiary alicyclic amines) is 1. The van der Waals surface area contributed by atoms with Gasteiger partial charge in [-0.05, 0) is 38.1 Å². The third-order valence-electron chi connectivity index (χ3n) is 3.80. The molecule has 2 aliphatic heterocycles. The van der Waals surface area contributed by atoms with Gasteiger partial charge < -0.3 is 4.90 Å². The highest BCUT2D eigenvalue weighted by Gasteiger charge is 2.29.